The summed E-state index contributed by atoms with van der Waals surface area (Å²) in [5, 5.41) is 19.0. The minimum absolute atomic E-state index is 0.106. The minimum atomic E-state index is -0.803. The summed E-state index contributed by atoms with van der Waals surface area (Å²) in [6, 6.07) is 0. The number of ether oxygens (including phenoxy) is 2. The highest BCUT2D eigenvalue weighted by atomic mass is 16.6. The molecule has 6 heteroatoms. The van der Waals surface area contributed by atoms with Crippen LogP contribution in [0, 0.1) is 0 Å². The average molecular weight is 673 g/mol. The minimum Gasteiger partial charge on any atom is -0.462 e. The van der Waals surface area contributed by atoms with Gasteiger partial charge in [0.25, 0.3) is 0 Å². The van der Waals surface area contributed by atoms with Gasteiger partial charge in [-0.25, -0.2) is 0 Å². The Labute approximate surface area is 294 Å². The van der Waals surface area contributed by atoms with Gasteiger partial charge in [-0.05, 0) is 44.9 Å². The fourth-order valence-electron chi connectivity index (χ4n) is 5.13. The summed E-state index contributed by atoms with van der Waals surface area (Å²) in [5.41, 5.74) is 0. The number of hydrogen-bond acceptors (Lipinski definition) is 6. The monoisotopic (exact) mass is 673 g/mol. The summed E-state index contributed by atoms with van der Waals surface area (Å²) in [5.74, 6) is -0.678. The molecule has 0 aromatic heterocycles. The number of esters is 2. The second-order valence-electron chi connectivity index (χ2n) is 12.8. The first-order valence-electron chi connectivity index (χ1n) is 19.5. The molecule has 0 spiro atoms. The van der Waals surface area contributed by atoms with Gasteiger partial charge >= 0.3 is 11.9 Å². The highest BCUT2D eigenvalue weighted by Crippen LogP contribution is 2.14. The molecule has 0 bridgehead atoms. The quantitative estimate of drug-likeness (QED) is 0.0306. The van der Waals surface area contributed by atoms with Crippen LogP contribution in [0.4, 0.5) is 0 Å². The lowest BCUT2D eigenvalue weighted by atomic mass is 10.0. The van der Waals surface area contributed by atoms with Crippen LogP contribution in [-0.4, -0.2) is 47.6 Å². The van der Waals surface area contributed by atoms with Gasteiger partial charge in [-0.2, -0.15) is 0 Å². The van der Waals surface area contributed by atoms with Gasteiger partial charge in [0.1, 0.15) is 6.61 Å². The van der Waals surface area contributed by atoms with Crippen molar-refractivity contribution in [1.29, 1.82) is 0 Å². The molecule has 0 saturated carbocycles. The van der Waals surface area contributed by atoms with Crippen molar-refractivity contribution in [3.05, 3.63) is 60.8 Å². The van der Waals surface area contributed by atoms with Crippen molar-refractivity contribution in [3.8, 4) is 0 Å². The normalized spacial score (nSPS) is 13.5. The molecule has 0 aromatic rings. The molecular formula is C42H72O6. The van der Waals surface area contributed by atoms with E-state index >= 15 is 0 Å². The average Bonchev–Trinajstić information content (AvgIpc) is 3.09. The van der Waals surface area contributed by atoms with Crippen LogP contribution in [0.25, 0.3) is 0 Å². The van der Waals surface area contributed by atoms with Crippen molar-refractivity contribution >= 4 is 11.9 Å². The fraction of sp³-hybridized carbons (Fsp3) is 0.714. The van der Waals surface area contributed by atoms with E-state index in [0.717, 1.165) is 51.4 Å². The largest absolute Gasteiger partial charge is 0.462 e. The highest BCUT2D eigenvalue weighted by Gasteiger charge is 2.16. The molecule has 0 fully saturated rings. The van der Waals surface area contributed by atoms with Crippen LogP contribution in [0.3, 0.4) is 0 Å². The maximum Gasteiger partial charge on any atom is 0.306 e. The van der Waals surface area contributed by atoms with E-state index in [-0.39, 0.29) is 31.3 Å². The Balaban J connectivity index is 3.68. The molecule has 0 saturated heterocycles. The number of carbonyl (C=O) groups excluding carboxylic acids is 2. The second-order valence-corrected chi connectivity index (χ2v) is 12.8. The smallest absolute Gasteiger partial charge is 0.306 e. The summed E-state index contributed by atoms with van der Waals surface area (Å²) in [6.45, 7) is 3.75. The standard InChI is InChI=1S/C42H72O6/c1-3-5-6-7-8-9-10-11-12-13-18-21-24-27-30-33-36-42(46)48-40(37-43)38-47-41(45)35-32-29-26-23-20-17-15-14-16-19-22-25-28-31-34-39(44)4-2/h15-17,19,23,25-26,28,31,34,39-40,43-44H,3-14,18,20-22,24,27,29-30,32-33,35-38H2,1-2H3/b17-15-,19-16-,26-23-,28-25-,34-31+/t39-,40-/m0/s1. The van der Waals surface area contributed by atoms with Crippen LogP contribution < -0.4 is 0 Å². The molecule has 0 unspecified atom stereocenters. The van der Waals surface area contributed by atoms with E-state index in [1.165, 1.54) is 83.5 Å². The Morgan fingerprint density at radius 3 is 1.58 bits per heavy atom. The van der Waals surface area contributed by atoms with Crippen LogP contribution in [-0.2, 0) is 19.1 Å². The Hall–Kier alpha value is -2.44. The molecule has 2 N–H and O–H groups in total. The van der Waals surface area contributed by atoms with Crippen molar-refractivity contribution in [3.63, 3.8) is 0 Å². The van der Waals surface area contributed by atoms with Crippen molar-refractivity contribution in [2.24, 2.45) is 0 Å². The van der Waals surface area contributed by atoms with E-state index in [1.807, 2.05) is 19.1 Å². The lowest BCUT2D eigenvalue weighted by molar-refractivity contribution is -0.161. The van der Waals surface area contributed by atoms with E-state index in [1.54, 1.807) is 6.08 Å². The Morgan fingerprint density at radius 1 is 0.583 bits per heavy atom. The second kappa shape index (κ2) is 37.4. The molecule has 48 heavy (non-hydrogen) atoms. The zero-order valence-electron chi connectivity index (χ0n) is 30.8. The first kappa shape index (κ1) is 45.6. The highest BCUT2D eigenvalue weighted by molar-refractivity contribution is 5.70. The molecule has 0 aliphatic rings. The number of carbonyl (C=O) groups is 2. The molecule has 0 aliphatic carbocycles. The SMILES string of the molecule is CCCCCCCCCCCCCCCCCCC(=O)O[C@@H](CO)COC(=O)CCC/C=C\C/C=C\C/C=C\C/C=C\C=C\[C@@H](O)CC. The predicted molar refractivity (Wildman–Crippen MR) is 202 cm³/mol. The number of aliphatic hydroxyl groups excluding tert-OH is 2. The summed E-state index contributed by atoms with van der Waals surface area (Å²) < 4.78 is 10.5. The van der Waals surface area contributed by atoms with Crippen molar-refractivity contribution in [1.82, 2.24) is 0 Å². The van der Waals surface area contributed by atoms with E-state index in [0.29, 0.717) is 19.3 Å². The number of aliphatic hydroxyl groups is 2. The maximum atomic E-state index is 12.2. The first-order valence-corrected chi connectivity index (χ1v) is 19.5. The van der Waals surface area contributed by atoms with Crippen molar-refractivity contribution < 1.29 is 29.3 Å². The molecule has 0 radical (unpaired) electrons. The zero-order valence-corrected chi connectivity index (χ0v) is 30.8. The van der Waals surface area contributed by atoms with E-state index < -0.39 is 6.10 Å². The summed E-state index contributed by atoms with van der Waals surface area (Å²) >= 11 is 0. The molecule has 276 valence electrons. The summed E-state index contributed by atoms with van der Waals surface area (Å²) in [7, 11) is 0. The van der Waals surface area contributed by atoms with Gasteiger partial charge in [0.15, 0.2) is 6.10 Å². The molecule has 6 nitrogen and oxygen atoms in total. The van der Waals surface area contributed by atoms with Gasteiger partial charge in [0.05, 0.1) is 12.7 Å². The van der Waals surface area contributed by atoms with Gasteiger partial charge < -0.3 is 19.7 Å². The predicted octanol–water partition coefficient (Wildman–Crippen LogP) is 11.0. The Kier molecular flexibility index (Phi) is 35.5. The molecule has 0 aliphatic heterocycles. The van der Waals surface area contributed by atoms with Crippen LogP contribution in [0.5, 0.6) is 0 Å². The third-order valence-electron chi connectivity index (χ3n) is 8.23. The number of allylic oxidation sites excluding steroid dienone is 9. The van der Waals surface area contributed by atoms with Gasteiger partial charge in [-0.15, -0.1) is 0 Å². The lowest BCUT2D eigenvalue weighted by Gasteiger charge is -2.15. The third kappa shape index (κ3) is 34.9. The number of unbranched alkanes of at least 4 members (excludes halogenated alkanes) is 16. The van der Waals surface area contributed by atoms with E-state index in [4.69, 9.17) is 9.47 Å². The topological polar surface area (TPSA) is 93.1 Å². The molecule has 0 heterocycles. The van der Waals surface area contributed by atoms with Gasteiger partial charge in [-0.3, -0.25) is 9.59 Å². The van der Waals surface area contributed by atoms with E-state index in [9.17, 15) is 19.8 Å². The van der Waals surface area contributed by atoms with Gasteiger partial charge in [0, 0.05) is 12.8 Å². The fourth-order valence-corrected chi connectivity index (χ4v) is 5.13. The van der Waals surface area contributed by atoms with E-state index in [2.05, 4.69) is 49.5 Å². The number of rotatable bonds is 34. The maximum absolute atomic E-state index is 12.2. The number of hydrogen-bond donors (Lipinski definition) is 2. The van der Waals surface area contributed by atoms with Crippen molar-refractivity contribution in [2.45, 2.75) is 180 Å². The summed E-state index contributed by atoms with van der Waals surface area (Å²) in [4.78, 5) is 24.2. The summed E-state index contributed by atoms with van der Waals surface area (Å²) in [6.07, 6.45) is 45.2. The lowest BCUT2D eigenvalue weighted by Crippen LogP contribution is -2.28. The van der Waals surface area contributed by atoms with Crippen LogP contribution in [0.1, 0.15) is 168 Å². The molecule has 0 aromatic carbocycles. The van der Waals surface area contributed by atoms with Crippen LogP contribution in [0.15, 0.2) is 60.8 Å². The Morgan fingerprint density at radius 2 is 1.06 bits per heavy atom. The zero-order chi connectivity index (χ0) is 35.2. The third-order valence-corrected chi connectivity index (χ3v) is 8.23. The molecule has 0 amide bonds. The van der Waals surface area contributed by atoms with Crippen LogP contribution in [0.2, 0.25) is 0 Å². The molecule has 2 atom stereocenters. The molecular weight excluding hydrogens is 600 g/mol. The Bertz CT molecular complexity index is 871. The molecule has 0 rings (SSSR count). The van der Waals surface area contributed by atoms with Crippen molar-refractivity contribution in [2.75, 3.05) is 13.2 Å². The van der Waals surface area contributed by atoms with Gasteiger partial charge in [0.2, 0.25) is 0 Å². The first-order chi connectivity index (χ1) is 23.5. The van der Waals surface area contributed by atoms with Crippen LogP contribution >= 0.6 is 0 Å². The van der Waals surface area contributed by atoms with Gasteiger partial charge in [-0.1, -0.05) is 171 Å².